The second kappa shape index (κ2) is 7.83. The highest BCUT2D eigenvalue weighted by atomic mass is 32.2. The van der Waals surface area contributed by atoms with Gasteiger partial charge < -0.3 is 4.90 Å². The van der Waals surface area contributed by atoms with Crippen molar-refractivity contribution in [2.45, 2.75) is 18.4 Å². The number of fused-ring (bicyclic) bond motifs is 1. The van der Waals surface area contributed by atoms with Crippen molar-refractivity contribution in [1.82, 2.24) is 14.9 Å². The third-order valence-corrected chi connectivity index (χ3v) is 5.07. The van der Waals surface area contributed by atoms with Crippen molar-refractivity contribution in [3.63, 3.8) is 0 Å². The maximum atomic E-state index is 13.3. The smallest absolute Gasteiger partial charge is 0.232 e. The topological polar surface area (TPSA) is 46.1 Å². The number of aromatic nitrogens is 2. The van der Waals surface area contributed by atoms with Crippen molar-refractivity contribution in [3.05, 3.63) is 53.8 Å². The zero-order valence-electron chi connectivity index (χ0n) is 15.0. The summed E-state index contributed by atoms with van der Waals surface area (Å²) in [6.45, 7) is 2.08. The van der Waals surface area contributed by atoms with E-state index in [1.54, 1.807) is 31.1 Å². The molecule has 134 valence electrons. The molecule has 0 bridgehead atoms. The van der Waals surface area contributed by atoms with Crippen LogP contribution in [0, 0.1) is 5.82 Å². The van der Waals surface area contributed by atoms with Crippen LogP contribution in [0.25, 0.3) is 22.3 Å². The Kier molecular flexibility index (Phi) is 5.52. The molecule has 26 heavy (non-hydrogen) atoms. The first-order valence-corrected chi connectivity index (χ1v) is 9.36. The second-order valence-electron chi connectivity index (χ2n) is 6.10. The average Bonchev–Trinajstić information content (AvgIpc) is 2.65. The summed E-state index contributed by atoms with van der Waals surface area (Å²) >= 11 is 1.40. The summed E-state index contributed by atoms with van der Waals surface area (Å²) < 4.78 is 13.3. The molecule has 3 rings (SSSR count). The number of benzene rings is 2. The SMILES string of the molecule is CCc1cccc2c(SCC(=O)N(C)C)nc(-c3ccc(F)cc3)nc12. The molecule has 0 aliphatic rings. The maximum Gasteiger partial charge on any atom is 0.232 e. The van der Waals surface area contributed by atoms with Gasteiger partial charge in [0.1, 0.15) is 10.8 Å². The summed E-state index contributed by atoms with van der Waals surface area (Å²) in [5.74, 6) is 0.572. The summed E-state index contributed by atoms with van der Waals surface area (Å²) in [6.07, 6.45) is 0.845. The van der Waals surface area contributed by atoms with Crippen LogP contribution in [0.15, 0.2) is 47.5 Å². The predicted molar refractivity (Wildman–Crippen MR) is 104 cm³/mol. The van der Waals surface area contributed by atoms with Gasteiger partial charge in [-0.3, -0.25) is 4.79 Å². The van der Waals surface area contributed by atoms with Gasteiger partial charge in [0.05, 0.1) is 11.3 Å². The number of carbonyl (C=O) groups is 1. The molecule has 0 N–H and O–H groups in total. The summed E-state index contributed by atoms with van der Waals surface area (Å²) in [5.41, 5.74) is 2.75. The maximum absolute atomic E-state index is 13.3. The van der Waals surface area contributed by atoms with Crippen LogP contribution in [-0.4, -0.2) is 40.6 Å². The van der Waals surface area contributed by atoms with Gasteiger partial charge in [0, 0.05) is 25.0 Å². The van der Waals surface area contributed by atoms with Crippen molar-refractivity contribution in [2.75, 3.05) is 19.8 Å². The fourth-order valence-electron chi connectivity index (χ4n) is 2.57. The van der Waals surface area contributed by atoms with Crippen LogP contribution < -0.4 is 0 Å². The van der Waals surface area contributed by atoms with Gasteiger partial charge in [0.15, 0.2) is 5.82 Å². The number of nitrogens with zero attached hydrogens (tertiary/aromatic N) is 3. The Morgan fingerprint density at radius 3 is 2.50 bits per heavy atom. The van der Waals surface area contributed by atoms with E-state index in [0.717, 1.165) is 33.5 Å². The lowest BCUT2D eigenvalue weighted by Crippen LogP contribution is -2.23. The molecular formula is C20H20FN3OS. The van der Waals surface area contributed by atoms with Crippen LogP contribution in [0.3, 0.4) is 0 Å². The molecule has 1 amide bonds. The molecule has 3 aromatic rings. The quantitative estimate of drug-likeness (QED) is 0.500. The number of para-hydroxylation sites is 1. The molecule has 0 atom stereocenters. The van der Waals surface area contributed by atoms with E-state index in [2.05, 4.69) is 11.9 Å². The highest BCUT2D eigenvalue weighted by Gasteiger charge is 2.14. The number of amides is 1. The van der Waals surface area contributed by atoms with E-state index in [0.29, 0.717) is 11.6 Å². The van der Waals surface area contributed by atoms with E-state index in [9.17, 15) is 9.18 Å². The molecule has 0 radical (unpaired) electrons. The first-order chi connectivity index (χ1) is 12.5. The van der Waals surface area contributed by atoms with Crippen molar-refractivity contribution >= 4 is 28.6 Å². The normalized spacial score (nSPS) is 10.9. The lowest BCUT2D eigenvalue weighted by atomic mass is 10.1. The van der Waals surface area contributed by atoms with Crippen LogP contribution in [0.4, 0.5) is 4.39 Å². The van der Waals surface area contributed by atoms with E-state index in [-0.39, 0.29) is 11.7 Å². The highest BCUT2D eigenvalue weighted by molar-refractivity contribution is 8.00. The largest absolute Gasteiger partial charge is 0.348 e. The Labute approximate surface area is 156 Å². The molecule has 0 unspecified atom stereocenters. The zero-order chi connectivity index (χ0) is 18.7. The van der Waals surface area contributed by atoms with Crippen LogP contribution in [-0.2, 0) is 11.2 Å². The molecule has 1 heterocycles. The van der Waals surface area contributed by atoms with Crippen LogP contribution in [0.2, 0.25) is 0 Å². The van der Waals surface area contributed by atoms with Gasteiger partial charge in [0.2, 0.25) is 5.91 Å². The van der Waals surface area contributed by atoms with Gasteiger partial charge >= 0.3 is 0 Å². The summed E-state index contributed by atoms with van der Waals surface area (Å²) in [5, 5.41) is 1.70. The van der Waals surface area contributed by atoms with Gasteiger partial charge in [-0.1, -0.05) is 36.9 Å². The Hall–Kier alpha value is -2.47. The van der Waals surface area contributed by atoms with Gasteiger partial charge in [-0.2, -0.15) is 0 Å². The Morgan fingerprint density at radius 1 is 1.12 bits per heavy atom. The summed E-state index contributed by atoms with van der Waals surface area (Å²) in [6, 6.07) is 12.2. The number of hydrogen-bond donors (Lipinski definition) is 0. The fraction of sp³-hybridized carbons (Fsp3) is 0.250. The van der Waals surface area contributed by atoms with Gasteiger partial charge in [0.25, 0.3) is 0 Å². The standard InChI is InChI=1S/C20H20FN3OS/c1-4-13-6-5-7-16-18(13)22-19(14-8-10-15(21)11-9-14)23-20(16)26-12-17(25)24(2)3/h5-11H,4,12H2,1-3H3. The van der Waals surface area contributed by atoms with Crippen LogP contribution in [0.5, 0.6) is 0 Å². The van der Waals surface area contributed by atoms with E-state index in [4.69, 9.17) is 4.98 Å². The minimum Gasteiger partial charge on any atom is -0.348 e. The number of thioether (sulfide) groups is 1. The lowest BCUT2D eigenvalue weighted by molar-refractivity contribution is -0.125. The minimum absolute atomic E-state index is 0.0248. The molecule has 0 saturated heterocycles. The predicted octanol–water partition coefficient (Wildman–Crippen LogP) is 4.18. The summed E-state index contributed by atoms with van der Waals surface area (Å²) in [7, 11) is 3.47. The van der Waals surface area contributed by atoms with E-state index < -0.39 is 0 Å². The van der Waals surface area contributed by atoms with Crippen LogP contribution >= 0.6 is 11.8 Å². The van der Waals surface area contributed by atoms with Crippen molar-refractivity contribution < 1.29 is 9.18 Å². The molecule has 0 aliphatic heterocycles. The van der Waals surface area contributed by atoms with E-state index in [1.807, 2.05) is 18.2 Å². The van der Waals surface area contributed by atoms with Gasteiger partial charge in [-0.05, 0) is 36.2 Å². The fourth-order valence-corrected chi connectivity index (χ4v) is 3.56. The first-order valence-electron chi connectivity index (χ1n) is 8.38. The van der Waals surface area contributed by atoms with E-state index >= 15 is 0 Å². The minimum atomic E-state index is -0.296. The van der Waals surface area contributed by atoms with Crippen molar-refractivity contribution in [3.8, 4) is 11.4 Å². The molecular weight excluding hydrogens is 349 g/mol. The van der Waals surface area contributed by atoms with Gasteiger partial charge in [-0.25, -0.2) is 14.4 Å². The highest BCUT2D eigenvalue weighted by Crippen LogP contribution is 2.30. The first kappa shape index (κ1) is 18.3. The Morgan fingerprint density at radius 2 is 1.85 bits per heavy atom. The Bertz CT molecular complexity index is 942. The van der Waals surface area contributed by atoms with Crippen molar-refractivity contribution in [1.29, 1.82) is 0 Å². The van der Waals surface area contributed by atoms with Gasteiger partial charge in [-0.15, -0.1) is 0 Å². The van der Waals surface area contributed by atoms with E-state index in [1.165, 1.54) is 23.9 Å². The third kappa shape index (κ3) is 3.85. The number of hydrogen-bond acceptors (Lipinski definition) is 4. The molecule has 0 aliphatic carbocycles. The average molecular weight is 369 g/mol. The Balaban J connectivity index is 2.11. The van der Waals surface area contributed by atoms with Crippen LogP contribution in [0.1, 0.15) is 12.5 Å². The third-order valence-electron chi connectivity index (χ3n) is 4.09. The number of carbonyl (C=O) groups excluding carboxylic acids is 1. The number of halogens is 1. The monoisotopic (exact) mass is 369 g/mol. The van der Waals surface area contributed by atoms with Crippen molar-refractivity contribution in [2.24, 2.45) is 0 Å². The molecule has 2 aromatic carbocycles. The molecule has 1 aromatic heterocycles. The zero-order valence-corrected chi connectivity index (χ0v) is 15.8. The molecule has 6 heteroatoms. The second-order valence-corrected chi connectivity index (χ2v) is 7.07. The summed E-state index contributed by atoms with van der Waals surface area (Å²) in [4.78, 5) is 22.9. The molecule has 0 fully saturated rings. The molecule has 0 saturated carbocycles. The number of rotatable bonds is 5. The molecule has 0 spiro atoms. The number of aryl methyl sites for hydroxylation is 1. The molecule has 4 nitrogen and oxygen atoms in total. The lowest BCUT2D eigenvalue weighted by Gasteiger charge is -2.13.